The second kappa shape index (κ2) is 2.59. The van der Waals surface area contributed by atoms with E-state index in [4.69, 9.17) is 5.73 Å². The van der Waals surface area contributed by atoms with E-state index in [9.17, 15) is 0 Å². The van der Waals surface area contributed by atoms with Crippen LogP contribution in [0.1, 0.15) is 33.6 Å². The summed E-state index contributed by atoms with van der Waals surface area (Å²) in [5, 5.41) is 9.50. The largest absolute Gasteiger partial charge is 0.377 e. The van der Waals surface area contributed by atoms with Gasteiger partial charge in [0.25, 0.3) is 0 Å². The molecule has 0 spiro atoms. The van der Waals surface area contributed by atoms with Crippen LogP contribution in [0.4, 0.5) is 0 Å². The summed E-state index contributed by atoms with van der Waals surface area (Å²) < 4.78 is 0. The molecule has 3 nitrogen and oxygen atoms in total. The summed E-state index contributed by atoms with van der Waals surface area (Å²) in [6.07, 6.45) is 2.57. The Labute approximate surface area is 94.6 Å². The van der Waals surface area contributed by atoms with Gasteiger partial charge in [0.1, 0.15) is 0 Å². The van der Waals surface area contributed by atoms with Crippen molar-refractivity contribution in [1.82, 2.24) is 0 Å². The molecule has 2 saturated carbocycles. The maximum Gasteiger partial charge on any atom is 0.181 e. The Balaban J connectivity index is 2.12. The Morgan fingerprint density at radius 1 is 1.33 bits per heavy atom. The summed E-state index contributed by atoms with van der Waals surface area (Å²) >= 11 is 1.72. The molecule has 2 N–H and O–H groups in total. The molecule has 0 amide bonds. The van der Waals surface area contributed by atoms with Gasteiger partial charge in [-0.3, -0.25) is 0 Å². The molecule has 0 saturated heterocycles. The molecule has 2 fully saturated rings. The van der Waals surface area contributed by atoms with Crippen molar-refractivity contribution >= 4 is 22.6 Å². The highest BCUT2D eigenvalue weighted by atomic mass is 32.2. The normalized spacial score (nSPS) is 46.1. The third kappa shape index (κ3) is 0.942. The Morgan fingerprint density at radius 3 is 2.80 bits per heavy atom. The highest BCUT2D eigenvalue weighted by Crippen LogP contribution is 2.67. The van der Waals surface area contributed by atoms with E-state index in [1.807, 2.05) is 0 Å². The minimum Gasteiger partial charge on any atom is -0.377 e. The highest BCUT2D eigenvalue weighted by molar-refractivity contribution is 8.15. The van der Waals surface area contributed by atoms with Crippen molar-refractivity contribution in [3.8, 4) is 0 Å². The van der Waals surface area contributed by atoms with E-state index in [1.165, 1.54) is 18.6 Å². The van der Waals surface area contributed by atoms with Gasteiger partial charge in [-0.25, -0.2) is 0 Å². The second-order valence-electron chi connectivity index (χ2n) is 5.69. The summed E-state index contributed by atoms with van der Waals surface area (Å²) in [5.74, 6) is 0.622. The third-order valence-corrected chi connectivity index (χ3v) is 6.32. The molecule has 0 radical (unpaired) electrons. The molecule has 0 aromatic heterocycles. The Morgan fingerprint density at radius 2 is 2.07 bits per heavy atom. The van der Waals surface area contributed by atoms with E-state index >= 15 is 0 Å². The number of hydrogen-bond acceptors (Lipinski definition) is 4. The lowest BCUT2D eigenvalue weighted by Crippen LogP contribution is -2.38. The van der Waals surface area contributed by atoms with Gasteiger partial charge in [-0.2, -0.15) is 5.10 Å². The minimum atomic E-state index is 0.349. The van der Waals surface area contributed by atoms with Crippen LogP contribution in [-0.2, 0) is 0 Å². The van der Waals surface area contributed by atoms with E-state index in [0.717, 1.165) is 0 Å². The number of rotatable bonds is 0. The van der Waals surface area contributed by atoms with Gasteiger partial charge in [0.2, 0.25) is 0 Å². The first-order valence-electron chi connectivity index (χ1n) is 5.54. The molecule has 2 bridgehead atoms. The van der Waals surface area contributed by atoms with Crippen molar-refractivity contribution in [2.45, 2.75) is 38.9 Å². The van der Waals surface area contributed by atoms with Gasteiger partial charge >= 0.3 is 0 Å². The van der Waals surface area contributed by atoms with Crippen molar-refractivity contribution in [3.05, 3.63) is 0 Å². The zero-order valence-corrected chi connectivity index (χ0v) is 10.3. The van der Waals surface area contributed by atoms with E-state index in [-0.39, 0.29) is 0 Å². The maximum atomic E-state index is 5.78. The predicted octanol–water partition coefficient (Wildman–Crippen LogP) is 2.23. The Hall–Kier alpha value is -0.510. The lowest BCUT2D eigenvalue weighted by molar-refractivity contribution is 0.157. The average molecular weight is 223 g/mol. The molecule has 0 aromatic rings. The van der Waals surface area contributed by atoms with Crippen LogP contribution in [0.5, 0.6) is 0 Å². The van der Waals surface area contributed by atoms with Crippen LogP contribution in [0.15, 0.2) is 10.2 Å². The quantitative estimate of drug-likeness (QED) is 0.684. The average Bonchev–Trinajstić information content (AvgIpc) is 2.48. The molecule has 0 unspecified atom stereocenters. The molecule has 3 aliphatic rings. The monoisotopic (exact) mass is 223 g/mol. The van der Waals surface area contributed by atoms with Gasteiger partial charge in [0.05, 0.1) is 11.0 Å². The molecule has 0 aromatic carbocycles. The second-order valence-corrected chi connectivity index (χ2v) is 6.82. The van der Waals surface area contributed by atoms with Crippen molar-refractivity contribution in [2.24, 2.45) is 32.7 Å². The molecule has 82 valence electrons. The number of amidine groups is 1. The minimum absolute atomic E-state index is 0.349. The summed E-state index contributed by atoms with van der Waals surface area (Å²) in [4.78, 5) is 0. The number of nitrogens with two attached hydrogens (primary N) is 1. The molecule has 15 heavy (non-hydrogen) atoms. The van der Waals surface area contributed by atoms with E-state index in [0.29, 0.717) is 27.2 Å². The zero-order chi connectivity index (χ0) is 10.8. The number of nitrogens with zero attached hydrogens (tertiary/aromatic N) is 2. The van der Waals surface area contributed by atoms with E-state index in [2.05, 4.69) is 31.0 Å². The third-order valence-electron chi connectivity index (χ3n) is 5.00. The van der Waals surface area contributed by atoms with Crippen LogP contribution in [0.2, 0.25) is 0 Å². The Bertz CT molecular complexity index is 385. The molecular weight excluding hydrogens is 206 g/mol. The van der Waals surface area contributed by atoms with Crippen LogP contribution in [-0.4, -0.2) is 16.1 Å². The topological polar surface area (TPSA) is 50.7 Å². The standard InChI is InChI=1S/C11H17N3S/c1-10(2)6-4-5-11(10,3)8-7(6)13-14-9(12)15-8/h6,8H,4-5H2,1-3H3,(H2,12,14)/t6-,8+,11-/m0/s1. The van der Waals surface area contributed by atoms with Gasteiger partial charge in [-0.05, 0) is 23.7 Å². The number of thioether (sulfide) groups is 1. The van der Waals surface area contributed by atoms with Gasteiger partial charge < -0.3 is 5.73 Å². The van der Waals surface area contributed by atoms with Gasteiger partial charge in [-0.15, -0.1) is 5.10 Å². The SMILES string of the molecule is CC1(C)[C@H]2CC[C@@]1(C)[C@@H]1SC(N)=NN=C12. The smallest absolute Gasteiger partial charge is 0.181 e. The van der Waals surface area contributed by atoms with Crippen molar-refractivity contribution in [3.63, 3.8) is 0 Å². The van der Waals surface area contributed by atoms with E-state index in [1.54, 1.807) is 11.8 Å². The Kier molecular flexibility index (Phi) is 1.68. The summed E-state index contributed by atoms with van der Waals surface area (Å²) in [5.41, 5.74) is 7.77. The maximum absolute atomic E-state index is 5.78. The first-order valence-corrected chi connectivity index (χ1v) is 6.42. The molecule has 4 heteroatoms. The zero-order valence-electron chi connectivity index (χ0n) is 9.45. The van der Waals surface area contributed by atoms with Gasteiger partial charge in [0.15, 0.2) is 5.17 Å². The summed E-state index contributed by atoms with van der Waals surface area (Å²) in [6.45, 7) is 7.15. The lowest BCUT2D eigenvalue weighted by Gasteiger charge is -2.38. The molecule has 1 aliphatic heterocycles. The molecule has 1 heterocycles. The van der Waals surface area contributed by atoms with Crippen LogP contribution < -0.4 is 5.73 Å². The lowest BCUT2D eigenvalue weighted by atomic mass is 9.71. The number of fused-ring (bicyclic) bond motifs is 5. The molecule has 3 rings (SSSR count). The van der Waals surface area contributed by atoms with Gasteiger partial charge in [-0.1, -0.05) is 32.5 Å². The van der Waals surface area contributed by atoms with Crippen LogP contribution in [0.3, 0.4) is 0 Å². The molecule has 2 aliphatic carbocycles. The predicted molar refractivity (Wildman–Crippen MR) is 65.0 cm³/mol. The molecular formula is C11H17N3S. The van der Waals surface area contributed by atoms with Crippen molar-refractivity contribution in [1.29, 1.82) is 0 Å². The fourth-order valence-electron chi connectivity index (χ4n) is 3.58. The first-order chi connectivity index (χ1) is 6.97. The summed E-state index contributed by atoms with van der Waals surface area (Å²) in [7, 11) is 0. The first kappa shape index (κ1) is 9.70. The van der Waals surface area contributed by atoms with Crippen molar-refractivity contribution < 1.29 is 0 Å². The molecule has 3 atom stereocenters. The number of hydrogen-bond donors (Lipinski definition) is 1. The van der Waals surface area contributed by atoms with Crippen LogP contribution in [0.25, 0.3) is 0 Å². The summed E-state index contributed by atoms with van der Waals surface area (Å²) in [6, 6.07) is 0. The van der Waals surface area contributed by atoms with Gasteiger partial charge in [0, 0.05) is 5.92 Å². The van der Waals surface area contributed by atoms with Crippen molar-refractivity contribution in [2.75, 3.05) is 0 Å². The van der Waals surface area contributed by atoms with E-state index < -0.39 is 0 Å². The fraction of sp³-hybridized carbons (Fsp3) is 0.818. The fourth-order valence-corrected chi connectivity index (χ4v) is 4.93. The van der Waals surface area contributed by atoms with Crippen LogP contribution in [0, 0.1) is 16.7 Å². The highest BCUT2D eigenvalue weighted by Gasteiger charge is 2.65. The van der Waals surface area contributed by atoms with Crippen LogP contribution >= 0.6 is 11.8 Å².